The van der Waals surface area contributed by atoms with E-state index in [4.69, 9.17) is 13.3 Å². The number of anilines is 3. The van der Waals surface area contributed by atoms with Gasteiger partial charge in [0.05, 0.1) is 5.69 Å². The molecular weight excluding hydrogens is 639 g/mol. The predicted molar refractivity (Wildman–Crippen MR) is 214 cm³/mol. The molecule has 0 atom stereocenters. The van der Waals surface area contributed by atoms with Gasteiger partial charge in [-0.3, -0.25) is 0 Å². The van der Waals surface area contributed by atoms with Gasteiger partial charge >= 0.3 is 0 Å². The molecule has 4 nitrogen and oxygen atoms in total. The number of para-hydroxylation sites is 5. The number of furan rings is 3. The summed E-state index contributed by atoms with van der Waals surface area (Å²) in [5.74, 6) is 0.982. The molecule has 0 saturated carbocycles. The summed E-state index contributed by atoms with van der Waals surface area (Å²) in [6.45, 7) is 0. The van der Waals surface area contributed by atoms with Crippen molar-refractivity contribution in [1.82, 2.24) is 0 Å². The Bertz CT molecular complexity index is 3010. The highest BCUT2D eigenvalue weighted by molar-refractivity contribution is 6.11. The van der Waals surface area contributed by atoms with Gasteiger partial charge in [-0.25, -0.2) is 0 Å². The van der Waals surface area contributed by atoms with Crippen LogP contribution in [0.2, 0.25) is 0 Å². The molecule has 0 aliphatic heterocycles. The van der Waals surface area contributed by atoms with Gasteiger partial charge in [0.2, 0.25) is 0 Å². The van der Waals surface area contributed by atoms with Crippen molar-refractivity contribution in [2.24, 2.45) is 0 Å². The third kappa shape index (κ3) is 4.41. The molecule has 1 aliphatic carbocycles. The molecule has 0 spiro atoms. The summed E-state index contributed by atoms with van der Waals surface area (Å²) < 4.78 is 19.4. The lowest BCUT2D eigenvalue weighted by molar-refractivity contribution is 0.596. The summed E-state index contributed by atoms with van der Waals surface area (Å²) in [5.41, 5.74) is 13.2. The second-order valence-electron chi connectivity index (χ2n) is 13.5. The maximum Gasteiger partial charge on any atom is 0.159 e. The van der Waals surface area contributed by atoms with E-state index in [0.717, 1.165) is 107 Å². The Morgan fingerprint density at radius 3 is 1.60 bits per heavy atom. The van der Waals surface area contributed by atoms with E-state index in [1.165, 1.54) is 10.9 Å². The van der Waals surface area contributed by atoms with Gasteiger partial charge in [-0.1, -0.05) is 115 Å². The van der Waals surface area contributed by atoms with Crippen molar-refractivity contribution in [1.29, 1.82) is 0 Å². The molecule has 11 rings (SSSR count). The monoisotopic (exact) mass is 669 g/mol. The first-order valence-corrected chi connectivity index (χ1v) is 17.8. The molecule has 0 bridgehead atoms. The third-order valence-electron chi connectivity index (χ3n) is 10.6. The zero-order chi connectivity index (χ0) is 34.2. The highest BCUT2D eigenvalue weighted by atomic mass is 16.3. The van der Waals surface area contributed by atoms with Crippen LogP contribution in [0.25, 0.3) is 83.2 Å². The molecule has 3 aromatic heterocycles. The molecule has 246 valence electrons. The van der Waals surface area contributed by atoms with E-state index in [2.05, 4.69) is 144 Å². The summed E-state index contributed by atoms with van der Waals surface area (Å²) in [6, 6.07) is 53.3. The number of fused-ring (bicyclic) bond motifs is 9. The first kappa shape index (κ1) is 29.0. The zero-order valence-electron chi connectivity index (χ0n) is 28.2. The maximum atomic E-state index is 6.59. The Balaban J connectivity index is 1.05. The molecule has 52 heavy (non-hydrogen) atoms. The molecule has 4 heteroatoms. The van der Waals surface area contributed by atoms with Crippen LogP contribution in [0.3, 0.4) is 0 Å². The predicted octanol–water partition coefficient (Wildman–Crippen LogP) is 14.0. The van der Waals surface area contributed by atoms with Crippen LogP contribution in [0.15, 0.2) is 171 Å². The molecule has 10 aromatic rings. The zero-order valence-corrected chi connectivity index (χ0v) is 28.2. The van der Waals surface area contributed by atoms with Crippen molar-refractivity contribution in [2.45, 2.75) is 12.8 Å². The molecule has 1 aliphatic rings. The first-order valence-electron chi connectivity index (χ1n) is 17.8. The summed E-state index contributed by atoms with van der Waals surface area (Å²) in [5, 5.41) is 5.65. The molecule has 3 heterocycles. The molecule has 0 unspecified atom stereocenters. The molecule has 0 amide bonds. The fourth-order valence-electron chi connectivity index (χ4n) is 8.12. The van der Waals surface area contributed by atoms with E-state index in [1.54, 1.807) is 0 Å². The van der Waals surface area contributed by atoms with Crippen molar-refractivity contribution in [3.05, 3.63) is 169 Å². The van der Waals surface area contributed by atoms with Gasteiger partial charge in [-0.15, -0.1) is 0 Å². The molecule has 0 N–H and O–H groups in total. The minimum absolute atomic E-state index is 0.850. The number of rotatable bonds is 5. The topological polar surface area (TPSA) is 42.7 Å². The van der Waals surface area contributed by atoms with Crippen LogP contribution in [0.1, 0.15) is 17.7 Å². The van der Waals surface area contributed by atoms with Crippen molar-refractivity contribution in [3.63, 3.8) is 0 Å². The van der Waals surface area contributed by atoms with Crippen molar-refractivity contribution >= 4 is 78.0 Å². The van der Waals surface area contributed by atoms with Gasteiger partial charge in [0.15, 0.2) is 5.58 Å². The third-order valence-corrected chi connectivity index (χ3v) is 10.6. The standard InChI is InChI=1S/C48H31NO3/c1-4-19-43-36(10-1)39-15-7-13-34(46(39)50-43)30-22-26-32(27-23-30)49(42-18-9-17-41-38-12-3-6-21-45(38)52-48(41)42)33-28-24-31(25-29-33)35-14-8-16-40-37-11-2-5-20-44(37)51-47(35)40/h1,3-10,12-29H,2,11H2. The number of nitrogens with zero attached hydrogens (tertiary/aromatic N) is 1. The number of aryl methyl sites for hydroxylation is 1. The Morgan fingerprint density at radius 2 is 0.942 bits per heavy atom. The minimum atomic E-state index is 0.850. The van der Waals surface area contributed by atoms with Gasteiger partial charge < -0.3 is 18.2 Å². The largest absolute Gasteiger partial charge is 0.456 e. The van der Waals surface area contributed by atoms with E-state index < -0.39 is 0 Å². The van der Waals surface area contributed by atoms with Crippen molar-refractivity contribution < 1.29 is 13.3 Å². The van der Waals surface area contributed by atoms with Crippen LogP contribution in [0, 0.1) is 0 Å². The van der Waals surface area contributed by atoms with Gasteiger partial charge in [0.1, 0.15) is 28.1 Å². The summed E-state index contributed by atoms with van der Waals surface area (Å²) in [4.78, 5) is 2.29. The van der Waals surface area contributed by atoms with Gasteiger partial charge in [-0.05, 0) is 72.5 Å². The summed E-state index contributed by atoms with van der Waals surface area (Å²) >= 11 is 0. The molecule has 0 fully saturated rings. The van der Waals surface area contributed by atoms with Crippen molar-refractivity contribution in [3.8, 4) is 22.3 Å². The summed E-state index contributed by atoms with van der Waals surface area (Å²) in [6.07, 6.45) is 6.37. The number of hydrogen-bond donors (Lipinski definition) is 0. The highest BCUT2D eigenvalue weighted by Crippen LogP contribution is 2.44. The van der Waals surface area contributed by atoms with E-state index in [9.17, 15) is 0 Å². The Kier molecular flexibility index (Phi) is 6.34. The second kappa shape index (κ2) is 11.4. The smallest absolute Gasteiger partial charge is 0.159 e. The van der Waals surface area contributed by atoms with Crippen molar-refractivity contribution in [2.75, 3.05) is 4.90 Å². The summed E-state index contributed by atoms with van der Waals surface area (Å²) in [7, 11) is 0. The van der Waals surface area contributed by atoms with E-state index >= 15 is 0 Å². The average Bonchev–Trinajstić information content (AvgIpc) is 3.90. The van der Waals surface area contributed by atoms with E-state index in [0.29, 0.717) is 0 Å². The fourth-order valence-corrected chi connectivity index (χ4v) is 8.12. The lowest BCUT2D eigenvalue weighted by Crippen LogP contribution is -2.10. The lowest BCUT2D eigenvalue weighted by Gasteiger charge is -2.26. The van der Waals surface area contributed by atoms with Crippen LogP contribution >= 0.6 is 0 Å². The molecule has 0 radical (unpaired) electrons. The number of benzene rings is 7. The van der Waals surface area contributed by atoms with Crippen LogP contribution < -0.4 is 4.90 Å². The normalized spacial score (nSPS) is 12.8. The quantitative estimate of drug-likeness (QED) is 0.183. The number of allylic oxidation sites excluding steroid dienone is 1. The van der Waals surface area contributed by atoms with E-state index in [1.807, 2.05) is 24.3 Å². The fraction of sp³-hybridized carbons (Fsp3) is 0.0417. The van der Waals surface area contributed by atoms with Gasteiger partial charge in [0.25, 0.3) is 0 Å². The number of hydrogen-bond acceptors (Lipinski definition) is 4. The molecular formula is C48H31NO3. The Hall–Kier alpha value is -6.78. The average molecular weight is 670 g/mol. The Morgan fingerprint density at radius 1 is 0.423 bits per heavy atom. The van der Waals surface area contributed by atoms with Crippen LogP contribution in [0.5, 0.6) is 0 Å². The van der Waals surface area contributed by atoms with E-state index in [-0.39, 0.29) is 0 Å². The van der Waals surface area contributed by atoms with Gasteiger partial charge in [-0.2, -0.15) is 0 Å². The molecule has 0 saturated heterocycles. The minimum Gasteiger partial charge on any atom is -0.456 e. The Labute approximate surface area is 299 Å². The maximum absolute atomic E-state index is 6.59. The lowest BCUT2D eigenvalue weighted by atomic mass is 9.97. The molecule has 7 aromatic carbocycles. The van der Waals surface area contributed by atoms with Crippen LogP contribution in [-0.2, 0) is 6.42 Å². The first-order chi connectivity index (χ1) is 25.8. The van der Waals surface area contributed by atoms with Crippen LogP contribution in [-0.4, -0.2) is 0 Å². The SMILES string of the molecule is C1=Cc2oc3c(-c4ccc(N(c5ccc(-c6cccc7c6oc6ccccc67)cc5)c5cccc6c5oc5ccccc56)cc4)cccc3c2CC1. The second-order valence-corrected chi connectivity index (χ2v) is 13.5. The van der Waals surface area contributed by atoms with Gasteiger partial charge in [0, 0.05) is 55.0 Å². The highest BCUT2D eigenvalue weighted by Gasteiger charge is 2.21. The van der Waals surface area contributed by atoms with Crippen LogP contribution in [0.4, 0.5) is 17.1 Å².